The highest BCUT2D eigenvalue weighted by molar-refractivity contribution is 7.90. The lowest BCUT2D eigenvalue weighted by Crippen LogP contribution is -2.56. The first-order valence-electron chi connectivity index (χ1n) is 33.5. The number of aryl methyl sites for hydroxylation is 2. The minimum atomic E-state index is -4.42. The van der Waals surface area contributed by atoms with E-state index in [4.69, 9.17) is 14.6 Å². The Labute approximate surface area is 590 Å². The monoisotopic (exact) mass is 1450 g/mol. The van der Waals surface area contributed by atoms with Gasteiger partial charge in [-0.1, -0.05) is 58.8 Å². The number of ketones is 1. The molecule has 4 aromatic carbocycles. The van der Waals surface area contributed by atoms with Gasteiger partial charge >= 0.3 is 17.5 Å². The molecule has 2 aliphatic heterocycles. The maximum atomic E-state index is 14.1. The smallest absolute Gasteiger partial charge is 0.439 e. The number of carboxylic acids is 1. The predicted octanol–water partition coefficient (Wildman–Crippen LogP) is 3.95. The fourth-order valence-electron chi connectivity index (χ4n) is 12.1. The minimum Gasteiger partial charge on any atom is -0.496 e. The number of aromatic nitrogens is 4. The number of carboxylic acid groups (broad SMARTS) is 1. The Balaban J connectivity index is 0.000000286. The summed E-state index contributed by atoms with van der Waals surface area (Å²) in [5.74, 6) is -4.80. The summed E-state index contributed by atoms with van der Waals surface area (Å²) in [5, 5.41) is 27.0. The Bertz CT molecular complexity index is 4070. The Morgan fingerprint density at radius 2 is 0.902 bits per heavy atom. The van der Waals surface area contributed by atoms with E-state index in [2.05, 4.69) is 60.0 Å². The van der Waals surface area contributed by atoms with Crippen LogP contribution >= 0.6 is 0 Å². The summed E-state index contributed by atoms with van der Waals surface area (Å²) < 4.78 is 80.5. The van der Waals surface area contributed by atoms with E-state index < -0.39 is 98.2 Å². The first kappa shape index (κ1) is 79.5. The van der Waals surface area contributed by atoms with E-state index in [0.29, 0.717) is 99.7 Å². The number of aromatic amines is 2. The van der Waals surface area contributed by atoms with Gasteiger partial charge in [-0.2, -0.15) is 9.44 Å². The highest BCUT2D eigenvalue weighted by Gasteiger charge is 2.37. The van der Waals surface area contributed by atoms with Gasteiger partial charge in [0.15, 0.2) is 11.6 Å². The van der Waals surface area contributed by atoms with Gasteiger partial charge in [-0.15, -0.1) is 0 Å². The molecule has 4 heterocycles. The normalized spacial score (nSPS) is 14.4. The minimum absolute atomic E-state index is 0.00356. The van der Waals surface area contributed by atoms with Crippen molar-refractivity contribution in [2.45, 2.75) is 172 Å². The van der Waals surface area contributed by atoms with Gasteiger partial charge in [0.2, 0.25) is 55.5 Å². The topological polar surface area (TPSA) is 440 Å². The zero-order valence-corrected chi connectivity index (χ0v) is 60.3. The first-order chi connectivity index (χ1) is 48.4. The zero-order valence-electron chi connectivity index (χ0n) is 58.6. The molecular weight excluding hydrogens is 1360 g/mol. The molecule has 2 aromatic heterocycles. The molecule has 0 radical (unpaired) electrons. The third kappa shape index (κ3) is 22.1. The maximum Gasteiger partial charge on any atom is 0.439 e. The second-order valence-electron chi connectivity index (χ2n) is 25.3. The van der Waals surface area contributed by atoms with Crippen LogP contribution in [0.25, 0.3) is 22.8 Å². The van der Waals surface area contributed by atoms with Crippen LogP contribution in [0, 0.1) is 41.5 Å². The van der Waals surface area contributed by atoms with Gasteiger partial charge in [0, 0.05) is 76.1 Å². The van der Waals surface area contributed by atoms with Gasteiger partial charge in [-0.25, -0.2) is 26.4 Å². The summed E-state index contributed by atoms with van der Waals surface area (Å²) in [6.45, 7) is 13.5. The van der Waals surface area contributed by atoms with E-state index in [1.165, 1.54) is 21.1 Å². The van der Waals surface area contributed by atoms with E-state index in [1.54, 1.807) is 112 Å². The van der Waals surface area contributed by atoms with E-state index in [-0.39, 0.29) is 84.2 Å². The lowest BCUT2D eigenvalue weighted by atomic mass is 10.0. The van der Waals surface area contributed by atoms with E-state index in [1.807, 2.05) is 0 Å². The van der Waals surface area contributed by atoms with E-state index >= 15 is 0 Å². The third-order valence-corrected chi connectivity index (χ3v) is 21.2. The summed E-state index contributed by atoms with van der Waals surface area (Å²) in [6, 6.07) is 11.3. The van der Waals surface area contributed by atoms with Crippen molar-refractivity contribution in [3.8, 4) is 34.3 Å². The molecule has 9 N–H and O–H groups in total. The summed E-state index contributed by atoms with van der Waals surface area (Å²) in [5.41, 5.74) is 5.16. The van der Waals surface area contributed by atoms with Crippen molar-refractivity contribution in [2.75, 3.05) is 53.5 Å². The number of carbonyl (C=O) groups excluding carboxylic acids is 7. The van der Waals surface area contributed by atoms with Gasteiger partial charge < -0.3 is 50.4 Å². The SMILES string of the molecule is COc1cc(C)c(S(=O)(=O)N[C@@H](CC(=O)NCCCC(=O)O)C(=O)N[C@H](Cc2ccc(-c3noc(=O)[nH]3)cc2)C(=O)N2CCCCC2)c(C)c1C.COc1cc(C)c(S(=O)(=O)N[C@@H](CC(=O)NCCCC(C)=O)C(=O)N[C@H](Cc2ccc(-c3noc(=O)[nH]3)cc2)C(=O)N2CCCCC2)c(C)c1C. The Kier molecular flexibility index (Phi) is 28.6. The highest BCUT2D eigenvalue weighted by atomic mass is 32.2. The first-order valence-corrected chi connectivity index (χ1v) is 36.4. The van der Waals surface area contributed by atoms with Crippen LogP contribution < -0.4 is 51.7 Å². The second-order valence-corrected chi connectivity index (χ2v) is 28.6. The molecule has 4 atom stereocenters. The molecule has 31 nitrogen and oxygen atoms in total. The zero-order chi connectivity index (χ0) is 74.6. The molecule has 0 saturated carbocycles. The van der Waals surface area contributed by atoms with Crippen molar-refractivity contribution < 1.29 is 78.8 Å². The number of rotatable bonds is 32. The van der Waals surface area contributed by atoms with Crippen LogP contribution in [0.1, 0.15) is 128 Å². The Morgan fingerprint density at radius 3 is 1.23 bits per heavy atom. The van der Waals surface area contributed by atoms with Crippen LogP contribution in [0.2, 0.25) is 0 Å². The average Bonchev–Trinajstić information content (AvgIpc) is 0.941. The largest absolute Gasteiger partial charge is 0.496 e. The number of benzene rings is 4. The number of Topliss-reactive ketones (excluding diaryl/α,β-unsaturated/α-hetero) is 1. The number of methoxy groups -OCH3 is 2. The number of amides is 6. The number of piperidine rings is 2. The summed E-state index contributed by atoms with van der Waals surface area (Å²) in [4.78, 5) is 135. The summed E-state index contributed by atoms with van der Waals surface area (Å²) in [6.07, 6.45) is 4.62. The Hall–Kier alpha value is -9.86. The molecule has 8 rings (SSSR count). The lowest BCUT2D eigenvalue weighted by Gasteiger charge is -2.31. The van der Waals surface area contributed by atoms with Gasteiger partial charge in [0.25, 0.3) is 0 Å². The van der Waals surface area contributed by atoms with Crippen LogP contribution in [0.3, 0.4) is 0 Å². The van der Waals surface area contributed by atoms with Crippen LogP contribution in [0.5, 0.6) is 11.5 Å². The van der Waals surface area contributed by atoms with Crippen molar-refractivity contribution in [2.24, 2.45) is 0 Å². The van der Waals surface area contributed by atoms with Gasteiger partial charge in [-0.3, -0.25) is 52.6 Å². The van der Waals surface area contributed by atoms with Crippen molar-refractivity contribution in [3.63, 3.8) is 0 Å². The van der Waals surface area contributed by atoms with Gasteiger partial charge in [-0.05, 0) is 156 Å². The quantitative estimate of drug-likeness (QED) is 0.0270. The number of aliphatic carboxylic acids is 1. The number of ether oxygens (including phenoxy) is 2. The van der Waals surface area contributed by atoms with Crippen LogP contribution in [0.15, 0.2) is 89.1 Å². The van der Waals surface area contributed by atoms with Gasteiger partial charge in [0.05, 0.1) is 36.9 Å². The standard InChI is InChI=1S/C35H46N6O9S.C34H44N6O10S/c1-21-18-29(49-5)23(3)24(4)31(21)51(47,48)40-27(20-30(43)36-15-9-10-22(2)42)33(44)37-28(34(45)41-16-7-6-8-17-41)19-25-11-13-26(14-12-25)32-38-35(46)50-39-32;1-20-17-27(49-4)21(2)22(3)30(20)51(47,48)39-25(19-28(41)35-14-8-9-29(42)43)32(44)36-26(33(45)40-15-6-5-7-16-40)18-23-10-12-24(13-11-23)31-37-34(46)50-38-31/h11-14,18,27-28,40H,6-10,15-17,19-20H2,1-5H3,(H,36,43)(H,37,44)(H,38,39,46);10-13,17,25-26,39H,5-9,14-16,18-19H2,1-4H3,(H,35,41)(H,36,44)(H,42,43)(H,37,38,46)/t27-,28+;25-,26+/m00/s1. The third-order valence-electron chi connectivity index (χ3n) is 17.6. The maximum absolute atomic E-state index is 14.1. The number of carbonyl (C=O) groups is 8. The van der Waals surface area contributed by atoms with Crippen LogP contribution in [0.4, 0.5) is 0 Å². The summed E-state index contributed by atoms with van der Waals surface area (Å²) in [7, 11) is -5.85. The molecule has 6 amide bonds. The molecule has 2 fully saturated rings. The molecule has 102 heavy (non-hydrogen) atoms. The van der Waals surface area contributed by atoms with Crippen molar-refractivity contribution >= 4 is 67.2 Å². The van der Waals surface area contributed by atoms with Gasteiger partial charge in [0.1, 0.15) is 41.4 Å². The number of nitrogens with zero attached hydrogens (tertiary/aromatic N) is 4. The molecule has 2 aliphatic rings. The fraction of sp³-hybridized carbons (Fsp3) is 0.478. The van der Waals surface area contributed by atoms with Crippen molar-refractivity contribution in [1.82, 2.24) is 60.8 Å². The molecular formula is C69H90N12O19S2. The van der Waals surface area contributed by atoms with Crippen LogP contribution in [-0.4, -0.2) is 177 Å². The number of hydrogen-bond acceptors (Lipinski definition) is 20. The lowest BCUT2D eigenvalue weighted by molar-refractivity contribution is -0.138. The van der Waals surface area contributed by atoms with Crippen molar-refractivity contribution in [1.29, 1.82) is 0 Å². The van der Waals surface area contributed by atoms with Crippen molar-refractivity contribution in [3.05, 3.63) is 126 Å². The van der Waals surface area contributed by atoms with E-state index in [9.17, 15) is 64.8 Å². The summed E-state index contributed by atoms with van der Waals surface area (Å²) >= 11 is 0. The molecule has 2 saturated heterocycles. The number of H-pyrrole nitrogens is 2. The molecule has 0 aliphatic carbocycles. The molecule has 0 bridgehead atoms. The fourth-order valence-corrected chi connectivity index (χ4v) is 15.5. The Morgan fingerprint density at radius 1 is 0.539 bits per heavy atom. The molecule has 33 heteroatoms. The molecule has 552 valence electrons. The molecule has 0 spiro atoms. The van der Waals surface area contributed by atoms with E-state index in [0.717, 1.165) is 38.5 Å². The number of hydrogen-bond donors (Lipinski definition) is 9. The number of sulfonamides is 2. The van der Waals surface area contributed by atoms with Crippen LogP contribution in [-0.2, 0) is 71.2 Å². The second kappa shape index (κ2) is 36.7. The average molecular weight is 1460 g/mol. The highest BCUT2D eigenvalue weighted by Crippen LogP contribution is 2.33. The predicted molar refractivity (Wildman–Crippen MR) is 372 cm³/mol. The molecule has 0 unspecified atom stereocenters. The number of nitrogens with one attached hydrogen (secondary N) is 8. The number of likely N-dealkylation sites (tertiary alicyclic amines) is 2. The molecule has 6 aromatic rings.